The molecule has 8 atom stereocenters. The van der Waals surface area contributed by atoms with Crippen molar-refractivity contribution in [1.82, 2.24) is 0 Å². The van der Waals surface area contributed by atoms with Gasteiger partial charge in [-0.05, 0) is 92.3 Å². The smallest absolute Gasteiger partial charge is 0.0596 e. The van der Waals surface area contributed by atoms with Crippen LogP contribution in [0.4, 0.5) is 0 Å². The monoisotopic (exact) mass is 335 g/mol. The van der Waals surface area contributed by atoms with E-state index in [1.165, 1.54) is 51.4 Å². The molecule has 3 N–H and O–H groups in total. The summed E-state index contributed by atoms with van der Waals surface area (Å²) in [6.07, 6.45) is 11.9. The summed E-state index contributed by atoms with van der Waals surface area (Å²) in [7, 11) is 0. The van der Waals surface area contributed by atoms with Crippen molar-refractivity contribution in [2.45, 2.75) is 83.8 Å². The third kappa shape index (κ3) is 2.49. The van der Waals surface area contributed by atoms with Crippen molar-refractivity contribution in [2.24, 2.45) is 40.2 Å². The van der Waals surface area contributed by atoms with Crippen LogP contribution >= 0.6 is 0 Å². The number of ether oxygens (including phenoxy) is 1. The fraction of sp³-hybridized carbons (Fsp3) is 1.00. The van der Waals surface area contributed by atoms with Gasteiger partial charge in [-0.3, -0.25) is 0 Å². The third-order valence-electron chi connectivity index (χ3n) is 9.04. The molecule has 0 aromatic carbocycles. The van der Waals surface area contributed by atoms with Gasteiger partial charge < -0.3 is 15.6 Å². The molecule has 4 saturated carbocycles. The fourth-order valence-electron chi connectivity index (χ4n) is 7.58. The maximum atomic E-state index is 10.6. The second-order valence-electron chi connectivity index (χ2n) is 9.85. The van der Waals surface area contributed by atoms with Crippen LogP contribution in [0, 0.1) is 34.5 Å². The van der Waals surface area contributed by atoms with Crippen molar-refractivity contribution in [3.63, 3.8) is 0 Å². The quantitative estimate of drug-likeness (QED) is 0.826. The normalized spacial score (nSPS) is 54.0. The summed E-state index contributed by atoms with van der Waals surface area (Å²) < 4.78 is 6.00. The molecule has 24 heavy (non-hydrogen) atoms. The standard InChI is InChI=1S/C21H37NO2/c1-20-9-7-15(24-12-11-22)13-14(20)3-4-16-17-5-6-19(23)21(17,2)10-8-18(16)20/h14-19,23H,3-13,22H2,1-2H3/t14-,15?,16-,17-,18-,19?,20-,21-/m0/s1. The van der Waals surface area contributed by atoms with Gasteiger partial charge in [-0.25, -0.2) is 0 Å². The molecule has 0 amide bonds. The number of nitrogens with two attached hydrogens (primary N) is 1. The molecule has 0 heterocycles. The van der Waals surface area contributed by atoms with Gasteiger partial charge in [0.1, 0.15) is 0 Å². The summed E-state index contributed by atoms with van der Waals surface area (Å²) in [6, 6.07) is 0. The third-order valence-corrected chi connectivity index (χ3v) is 9.04. The van der Waals surface area contributed by atoms with Crippen LogP contribution in [-0.2, 0) is 4.74 Å². The van der Waals surface area contributed by atoms with E-state index in [4.69, 9.17) is 10.5 Å². The lowest BCUT2D eigenvalue weighted by Gasteiger charge is -2.60. The molecule has 2 unspecified atom stereocenters. The Morgan fingerprint density at radius 1 is 0.958 bits per heavy atom. The summed E-state index contributed by atoms with van der Waals surface area (Å²) >= 11 is 0. The van der Waals surface area contributed by atoms with Crippen molar-refractivity contribution in [2.75, 3.05) is 13.2 Å². The number of aliphatic hydroxyl groups is 1. The molecule has 0 bridgehead atoms. The molecule has 4 rings (SSSR count). The predicted molar refractivity (Wildman–Crippen MR) is 96.5 cm³/mol. The van der Waals surface area contributed by atoms with E-state index < -0.39 is 0 Å². The van der Waals surface area contributed by atoms with Gasteiger partial charge in [-0.2, -0.15) is 0 Å². The minimum absolute atomic E-state index is 0.0469. The first-order valence-corrected chi connectivity index (χ1v) is 10.5. The fourth-order valence-corrected chi connectivity index (χ4v) is 7.58. The molecular formula is C21H37NO2. The number of hydrogen-bond acceptors (Lipinski definition) is 3. The Labute approximate surface area is 147 Å². The molecule has 4 fully saturated rings. The van der Waals surface area contributed by atoms with Crippen LogP contribution in [0.2, 0.25) is 0 Å². The molecular weight excluding hydrogens is 298 g/mol. The van der Waals surface area contributed by atoms with Gasteiger partial charge in [-0.15, -0.1) is 0 Å². The van der Waals surface area contributed by atoms with E-state index in [0.29, 0.717) is 18.1 Å². The zero-order valence-electron chi connectivity index (χ0n) is 15.7. The van der Waals surface area contributed by atoms with Gasteiger partial charge in [0.05, 0.1) is 18.8 Å². The van der Waals surface area contributed by atoms with Crippen LogP contribution < -0.4 is 5.73 Å². The van der Waals surface area contributed by atoms with Crippen molar-refractivity contribution in [3.8, 4) is 0 Å². The average Bonchev–Trinajstić information content (AvgIpc) is 2.88. The lowest BCUT2D eigenvalue weighted by molar-refractivity contribution is -0.140. The first-order chi connectivity index (χ1) is 11.5. The SMILES string of the molecule is C[C@]12CCC(OCCN)C[C@@H]1CC[C@@H]1[C@@H]2CC[C@]2(C)C(O)CC[C@@H]12. The highest BCUT2D eigenvalue weighted by Gasteiger charge is 2.60. The average molecular weight is 336 g/mol. The van der Waals surface area contributed by atoms with Gasteiger partial charge in [0.25, 0.3) is 0 Å². The second-order valence-corrected chi connectivity index (χ2v) is 9.85. The number of rotatable bonds is 3. The van der Waals surface area contributed by atoms with Crippen molar-refractivity contribution in [1.29, 1.82) is 0 Å². The van der Waals surface area contributed by atoms with E-state index in [-0.39, 0.29) is 11.5 Å². The number of fused-ring (bicyclic) bond motifs is 5. The molecule has 0 radical (unpaired) electrons. The van der Waals surface area contributed by atoms with Gasteiger partial charge >= 0.3 is 0 Å². The van der Waals surface area contributed by atoms with Gasteiger partial charge in [-0.1, -0.05) is 13.8 Å². The summed E-state index contributed by atoms with van der Waals surface area (Å²) in [5.41, 5.74) is 6.35. The minimum Gasteiger partial charge on any atom is -0.393 e. The Hall–Kier alpha value is -0.120. The summed E-state index contributed by atoms with van der Waals surface area (Å²) in [4.78, 5) is 0. The van der Waals surface area contributed by atoms with Gasteiger partial charge in [0.2, 0.25) is 0 Å². The molecule has 138 valence electrons. The van der Waals surface area contributed by atoms with E-state index in [1.54, 1.807) is 0 Å². The first-order valence-electron chi connectivity index (χ1n) is 10.5. The summed E-state index contributed by atoms with van der Waals surface area (Å²) in [5.74, 6) is 3.36. The maximum absolute atomic E-state index is 10.6. The predicted octanol–water partition coefficient (Wildman–Crippen LogP) is 3.73. The van der Waals surface area contributed by atoms with Crippen molar-refractivity contribution >= 4 is 0 Å². The molecule has 3 nitrogen and oxygen atoms in total. The maximum Gasteiger partial charge on any atom is 0.0596 e. The highest BCUT2D eigenvalue weighted by atomic mass is 16.5. The second kappa shape index (κ2) is 6.25. The Kier molecular flexibility index (Phi) is 4.50. The minimum atomic E-state index is -0.0469. The van der Waals surface area contributed by atoms with Crippen LogP contribution in [-0.4, -0.2) is 30.5 Å². The molecule has 0 aromatic rings. The number of hydrogen-bond donors (Lipinski definition) is 2. The molecule has 3 heteroatoms. The highest BCUT2D eigenvalue weighted by molar-refractivity contribution is 5.09. The molecule has 0 saturated heterocycles. The van der Waals surface area contributed by atoms with E-state index in [0.717, 1.165) is 36.7 Å². The Morgan fingerprint density at radius 2 is 1.71 bits per heavy atom. The Bertz CT molecular complexity index is 469. The van der Waals surface area contributed by atoms with E-state index in [9.17, 15) is 5.11 Å². The van der Waals surface area contributed by atoms with Crippen molar-refractivity contribution in [3.05, 3.63) is 0 Å². The Balaban J connectivity index is 1.50. The molecule has 0 aromatic heterocycles. The van der Waals surface area contributed by atoms with Gasteiger partial charge in [0.15, 0.2) is 0 Å². The van der Waals surface area contributed by atoms with E-state index in [2.05, 4.69) is 13.8 Å². The lowest BCUT2D eigenvalue weighted by Crippen LogP contribution is -2.54. The first kappa shape index (κ1) is 17.3. The molecule has 0 spiro atoms. The van der Waals surface area contributed by atoms with Crippen molar-refractivity contribution < 1.29 is 9.84 Å². The van der Waals surface area contributed by atoms with Gasteiger partial charge in [0, 0.05) is 6.54 Å². The van der Waals surface area contributed by atoms with E-state index >= 15 is 0 Å². The summed E-state index contributed by atoms with van der Waals surface area (Å²) in [6.45, 7) is 6.35. The molecule has 4 aliphatic carbocycles. The topological polar surface area (TPSA) is 55.5 Å². The largest absolute Gasteiger partial charge is 0.393 e. The molecule has 4 aliphatic rings. The van der Waals surface area contributed by atoms with E-state index in [1.807, 2.05) is 0 Å². The summed E-state index contributed by atoms with van der Waals surface area (Å²) in [5, 5.41) is 10.6. The van der Waals surface area contributed by atoms with Crippen LogP contribution in [0.1, 0.15) is 71.6 Å². The van der Waals surface area contributed by atoms with Crippen LogP contribution in [0.3, 0.4) is 0 Å². The van der Waals surface area contributed by atoms with Crippen LogP contribution in [0.25, 0.3) is 0 Å². The van der Waals surface area contributed by atoms with Crippen LogP contribution in [0.5, 0.6) is 0 Å². The number of aliphatic hydroxyl groups excluding tert-OH is 1. The zero-order chi connectivity index (χ0) is 16.9. The van der Waals surface area contributed by atoms with Crippen LogP contribution in [0.15, 0.2) is 0 Å². The highest BCUT2D eigenvalue weighted by Crippen LogP contribution is 2.66. The zero-order valence-corrected chi connectivity index (χ0v) is 15.7. The molecule has 0 aliphatic heterocycles. The Morgan fingerprint density at radius 3 is 2.50 bits per heavy atom. The lowest BCUT2D eigenvalue weighted by atomic mass is 9.45.